The molecule has 2 aromatic heterocycles. The number of anilines is 1. The lowest BCUT2D eigenvalue weighted by atomic mass is 10.2. The smallest absolute Gasteiger partial charge is 0.244 e. The summed E-state index contributed by atoms with van der Waals surface area (Å²) in [6.07, 6.45) is 3.19. The highest BCUT2D eigenvalue weighted by Crippen LogP contribution is 2.25. The number of fused-ring (bicyclic) bond motifs is 1. The molecule has 0 saturated carbocycles. The fraction of sp³-hybridized carbons (Fsp3) is 0.316. The van der Waals surface area contributed by atoms with Gasteiger partial charge in [-0.3, -0.25) is 14.5 Å². The average Bonchev–Trinajstić information content (AvgIpc) is 3.14. The third-order valence-electron chi connectivity index (χ3n) is 5.09. The first-order valence-corrected chi connectivity index (χ1v) is 9.59. The summed E-state index contributed by atoms with van der Waals surface area (Å²) in [5.74, 6) is 0.191. The van der Waals surface area contributed by atoms with Gasteiger partial charge in [0.2, 0.25) is 5.91 Å². The zero-order valence-corrected chi connectivity index (χ0v) is 16.6. The summed E-state index contributed by atoms with van der Waals surface area (Å²) in [6.45, 7) is 4.81. The van der Waals surface area contributed by atoms with E-state index in [9.17, 15) is 4.79 Å². The molecule has 1 aliphatic rings. The number of pyridine rings is 1. The van der Waals surface area contributed by atoms with Crippen LogP contribution in [-0.2, 0) is 11.3 Å². The van der Waals surface area contributed by atoms with Gasteiger partial charge in [-0.15, -0.1) is 0 Å². The van der Waals surface area contributed by atoms with Crippen molar-refractivity contribution in [1.82, 2.24) is 19.7 Å². The summed E-state index contributed by atoms with van der Waals surface area (Å²) >= 11 is 6.11. The molecular formula is C19H19ClN8O. The fourth-order valence-electron chi connectivity index (χ4n) is 3.52. The number of amides is 1. The van der Waals surface area contributed by atoms with Crippen LogP contribution in [0.3, 0.4) is 0 Å². The molecule has 3 heterocycles. The number of carbonyl (C=O) groups excluding carboxylic acids is 1. The molecule has 1 aliphatic heterocycles. The Labute approximate surface area is 172 Å². The van der Waals surface area contributed by atoms with Gasteiger partial charge < -0.3 is 9.80 Å². The Kier molecular flexibility index (Phi) is 5.24. The van der Waals surface area contributed by atoms with E-state index in [1.54, 1.807) is 23.1 Å². The number of nitrogens with zero attached hydrogens (tertiary/aromatic N) is 8. The van der Waals surface area contributed by atoms with E-state index in [-0.39, 0.29) is 18.3 Å². The zero-order valence-electron chi connectivity index (χ0n) is 15.9. The Morgan fingerprint density at radius 2 is 2.07 bits per heavy atom. The highest BCUT2D eigenvalue weighted by Gasteiger charge is 2.23. The maximum Gasteiger partial charge on any atom is 0.244 e. The first-order valence-electron chi connectivity index (χ1n) is 9.21. The molecule has 3 aromatic rings. The van der Waals surface area contributed by atoms with Crippen LogP contribution in [0.5, 0.6) is 0 Å². The van der Waals surface area contributed by atoms with Gasteiger partial charge in [0.1, 0.15) is 6.54 Å². The minimum atomic E-state index is -0.0299. The van der Waals surface area contributed by atoms with Crippen molar-refractivity contribution in [3.63, 3.8) is 0 Å². The van der Waals surface area contributed by atoms with E-state index in [1.807, 2.05) is 24.0 Å². The van der Waals surface area contributed by atoms with Crippen LogP contribution >= 0.6 is 11.6 Å². The summed E-state index contributed by atoms with van der Waals surface area (Å²) in [7, 11) is 0. The number of carbonyl (C=O) groups is 1. The van der Waals surface area contributed by atoms with Crippen molar-refractivity contribution in [2.75, 3.05) is 31.1 Å². The topological polar surface area (TPSA) is 103 Å². The first-order chi connectivity index (χ1) is 14.1. The van der Waals surface area contributed by atoms with Gasteiger partial charge in [-0.2, -0.15) is 5.10 Å². The third-order valence-corrected chi connectivity index (χ3v) is 5.52. The highest BCUT2D eigenvalue weighted by molar-refractivity contribution is 6.31. The summed E-state index contributed by atoms with van der Waals surface area (Å²) in [6, 6.07) is 7.75. The molecule has 0 spiro atoms. The molecule has 9 nitrogen and oxygen atoms in total. The van der Waals surface area contributed by atoms with E-state index in [1.165, 1.54) is 0 Å². The number of benzene rings is 1. The Balaban J connectivity index is 1.45. The number of piperazine rings is 1. The second-order valence-corrected chi connectivity index (χ2v) is 7.27. The number of hydrogen-bond acceptors (Lipinski definition) is 5. The van der Waals surface area contributed by atoms with Gasteiger partial charge in [0, 0.05) is 53.4 Å². The standard InChI is InChI=1S/C19H19ClN8O/c1-13-10-15(2-3-16(13)20)26-6-8-27(9-7-26)17(29)12-28-18-14(11-23-28)4-5-22-19(18)24-25-21/h2-5,10-11H,6-9,12H2,1H3. The lowest BCUT2D eigenvalue weighted by molar-refractivity contribution is -0.132. The normalized spacial score (nSPS) is 14.1. The van der Waals surface area contributed by atoms with E-state index < -0.39 is 0 Å². The van der Waals surface area contributed by atoms with Crippen molar-refractivity contribution in [1.29, 1.82) is 0 Å². The SMILES string of the molecule is Cc1cc(N2CCN(C(=O)Cn3ncc4ccnc(N=[N+]=[N-])c43)CC2)ccc1Cl. The van der Waals surface area contributed by atoms with Crippen LogP contribution in [0.1, 0.15) is 5.56 Å². The maximum atomic E-state index is 12.8. The molecule has 0 aliphatic carbocycles. The van der Waals surface area contributed by atoms with E-state index in [2.05, 4.69) is 31.1 Å². The molecule has 1 fully saturated rings. The van der Waals surface area contributed by atoms with Gasteiger partial charge in [-0.05, 0) is 47.4 Å². The minimum absolute atomic E-state index is 0.0299. The van der Waals surface area contributed by atoms with Crippen molar-refractivity contribution in [2.24, 2.45) is 5.11 Å². The molecule has 0 unspecified atom stereocenters. The number of hydrogen-bond donors (Lipinski definition) is 0. The van der Waals surface area contributed by atoms with Crippen molar-refractivity contribution in [2.45, 2.75) is 13.5 Å². The molecule has 0 bridgehead atoms. The Morgan fingerprint density at radius 3 is 2.79 bits per heavy atom. The Morgan fingerprint density at radius 1 is 1.28 bits per heavy atom. The number of aryl methyl sites for hydroxylation is 1. The van der Waals surface area contributed by atoms with Crippen molar-refractivity contribution >= 4 is 39.9 Å². The fourth-order valence-corrected chi connectivity index (χ4v) is 3.64. The third kappa shape index (κ3) is 3.83. The molecule has 148 valence electrons. The van der Waals surface area contributed by atoms with Crippen LogP contribution in [0, 0.1) is 6.92 Å². The Hall–Kier alpha value is -3.29. The molecule has 1 amide bonds. The van der Waals surface area contributed by atoms with Crippen LogP contribution in [0.15, 0.2) is 41.8 Å². The van der Waals surface area contributed by atoms with Gasteiger partial charge in [-0.25, -0.2) is 0 Å². The predicted octanol–water partition coefficient (Wildman–Crippen LogP) is 3.68. The minimum Gasteiger partial charge on any atom is -0.368 e. The Bertz CT molecular complexity index is 1110. The summed E-state index contributed by atoms with van der Waals surface area (Å²) in [5.41, 5.74) is 11.5. The van der Waals surface area contributed by atoms with Gasteiger partial charge in [0.05, 0.1) is 11.7 Å². The average molecular weight is 411 g/mol. The lowest BCUT2D eigenvalue weighted by Gasteiger charge is -2.36. The van der Waals surface area contributed by atoms with Crippen LogP contribution in [-0.4, -0.2) is 51.8 Å². The lowest BCUT2D eigenvalue weighted by Crippen LogP contribution is -2.49. The molecule has 0 atom stereocenters. The number of halogens is 1. The van der Waals surface area contributed by atoms with Gasteiger partial charge in [0.25, 0.3) is 0 Å². The highest BCUT2D eigenvalue weighted by atomic mass is 35.5. The molecule has 1 aromatic carbocycles. The van der Waals surface area contributed by atoms with E-state index >= 15 is 0 Å². The zero-order chi connectivity index (χ0) is 20.4. The molecule has 29 heavy (non-hydrogen) atoms. The molecular weight excluding hydrogens is 392 g/mol. The van der Waals surface area contributed by atoms with Crippen molar-refractivity contribution in [3.05, 3.63) is 57.7 Å². The van der Waals surface area contributed by atoms with Crippen molar-refractivity contribution < 1.29 is 4.79 Å². The van der Waals surface area contributed by atoms with E-state index in [4.69, 9.17) is 17.1 Å². The molecule has 10 heteroatoms. The number of azide groups is 1. The second-order valence-electron chi connectivity index (χ2n) is 6.87. The molecule has 0 N–H and O–H groups in total. The molecule has 4 rings (SSSR count). The van der Waals surface area contributed by atoms with Crippen LogP contribution in [0.2, 0.25) is 5.02 Å². The van der Waals surface area contributed by atoms with E-state index in [0.29, 0.717) is 18.6 Å². The number of aromatic nitrogens is 3. The first kappa shape index (κ1) is 19.0. The summed E-state index contributed by atoms with van der Waals surface area (Å²) < 4.78 is 1.55. The predicted molar refractivity (Wildman–Crippen MR) is 111 cm³/mol. The van der Waals surface area contributed by atoms with Crippen LogP contribution in [0.4, 0.5) is 11.5 Å². The van der Waals surface area contributed by atoms with E-state index in [0.717, 1.165) is 34.7 Å². The monoisotopic (exact) mass is 410 g/mol. The van der Waals surface area contributed by atoms with Gasteiger partial charge >= 0.3 is 0 Å². The van der Waals surface area contributed by atoms with Crippen LogP contribution in [0.25, 0.3) is 21.3 Å². The molecule has 1 saturated heterocycles. The van der Waals surface area contributed by atoms with Gasteiger partial charge in [-0.1, -0.05) is 11.6 Å². The second kappa shape index (κ2) is 7.98. The number of rotatable bonds is 4. The summed E-state index contributed by atoms with van der Waals surface area (Å²) in [5, 5.41) is 9.42. The quantitative estimate of drug-likeness (QED) is 0.371. The maximum absolute atomic E-state index is 12.8. The summed E-state index contributed by atoms with van der Waals surface area (Å²) in [4.78, 5) is 23.8. The largest absolute Gasteiger partial charge is 0.368 e. The molecule has 0 radical (unpaired) electrons. The van der Waals surface area contributed by atoms with Gasteiger partial charge in [0.15, 0.2) is 5.82 Å². The van der Waals surface area contributed by atoms with Crippen molar-refractivity contribution in [3.8, 4) is 0 Å². The van der Waals surface area contributed by atoms with Crippen LogP contribution < -0.4 is 4.90 Å².